The molecule has 0 bridgehead atoms. The lowest BCUT2D eigenvalue weighted by Crippen LogP contribution is -2.13. The number of carbonyl (C=O) groups excluding carboxylic acids is 2. The molecular formula is C19H25N3O3. The van der Waals surface area contributed by atoms with Gasteiger partial charge in [0.05, 0.1) is 18.4 Å². The minimum absolute atomic E-state index is 0.00976. The molecule has 0 fully saturated rings. The Balaban J connectivity index is 1.69. The Kier molecular flexibility index (Phi) is 6.44. The van der Waals surface area contributed by atoms with Gasteiger partial charge in [0.25, 0.3) is 0 Å². The standard InChI is InChI=1S/C19H25N3O3/c1-19(2,3)13-17(23)16-14-22(21-20-16)11-7-8-12-25-18(24)15-9-5-4-6-10-15/h4-6,9-10,14H,7-8,11-13H2,1-3H3. The Morgan fingerprint density at radius 1 is 1.12 bits per heavy atom. The molecule has 0 spiro atoms. The highest BCUT2D eigenvalue weighted by molar-refractivity contribution is 5.94. The first-order valence-electron chi connectivity index (χ1n) is 8.51. The summed E-state index contributed by atoms with van der Waals surface area (Å²) in [7, 11) is 0. The van der Waals surface area contributed by atoms with Crippen molar-refractivity contribution in [3.63, 3.8) is 0 Å². The fourth-order valence-corrected chi connectivity index (χ4v) is 2.31. The van der Waals surface area contributed by atoms with Gasteiger partial charge in [-0.3, -0.25) is 9.48 Å². The largest absolute Gasteiger partial charge is 0.462 e. The summed E-state index contributed by atoms with van der Waals surface area (Å²) in [5, 5.41) is 7.93. The Bertz CT molecular complexity index is 702. The van der Waals surface area contributed by atoms with Crippen LogP contribution in [-0.4, -0.2) is 33.4 Å². The molecule has 0 aliphatic heterocycles. The van der Waals surface area contributed by atoms with E-state index < -0.39 is 0 Å². The van der Waals surface area contributed by atoms with E-state index in [1.54, 1.807) is 35.1 Å². The second-order valence-corrected chi connectivity index (χ2v) is 7.24. The summed E-state index contributed by atoms with van der Waals surface area (Å²) in [6.07, 6.45) is 3.65. The first-order chi connectivity index (χ1) is 11.8. The Morgan fingerprint density at radius 3 is 2.52 bits per heavy atom. The van der Waals surface area contributed by atoms with E-state index in [1.807, 2.05) is 26.8 Å². The average Bonchev–Trinajstić information content (AvgIpc) is 3.03. The number of benzene rings is 1. The van der Waals surface area contributed by atoms with Crippen LogP contribution in [0, 0.1) is 5.41 Å². The summed E-state index contributed by atoms with van der Waals surface area (Å²) in [4.78, 5) is 23.9. The highest BCUT2D eigenvalue weighted by Gasteiger charge is 2.19. The molecule has 0 amide bonds. The summed E-state index contributed by atoms with van der Waals surface area (Å²) < 4.78 is 6.89. The van der Waals surface area contributed by atoms with Crippen molar-refractivity contribution in [2.45, 2.75) is 46.6 Å². The number of hydrogen-bond donors (Lipinski definition) is 0. The smallest absolute Gasteiger partial charge is 0.338 e. The first-order valence-corrected chi connectivity index (χ1v) is 8.51. The lowest BCUT2D eigenvalue weighted by atomic mass is 9.89. The molecule has 6 nitrogen and oxygen atoms in total. The number of rotatable bonds is 8. The summed E-state index contributed by atoms with van der Waals surface area (Å²) >= 11 is 0. The lowest BCUT2D eigenvalue weighted by Gasteiger charge is -2.15. The maximum atomic E-state index is 12.1. The Labute approximate surface area is 148 Å². The highest BCUT2D eigenvalue weighted by atomic mass is 16.5. The number of aryl methyl sites for hydroxylation is 1. The van der Waals surface area contributed by atoms with E-state index in [4.69, 9.17) is 4.74 Å². The van der Waals surface area contributed by atoms with Crippen molar-refractivity contribution >= 4 is 11.8 Å². The summed E-state index contributed by atoms with van der Waals surface area (Å²) in [5.41, 5.74) is 0.898. The number of nitrogens with zero attached hydrogens (tertiary/aromatic N) is 3. The number of ether oxygens (including phenoxy) is 1. The van der Waals surface area contributed by atoms with Gasteiger partial charge in [0.1, 0.15) is 5.69 Å². The normalized spacial score (nSPS) is 11.3. The zero-order valence-corrected chi connectivity index (χ0v) is 15.1. The van der Waals surface area contributed by atoms with Gasteiger partial charge in [0, 0.05) is 13.0 Å². The van der Waals surface area contributed by atoms with Crippen LogP contribution < -0.4 is 0 Å². The summed E-state index contributed by atoms with van der Waals surface area (Å²) in [6, 6.07) is 8.93. The van der Waals surface area contributed by atoms with Crippen LogP contribution >= 0.6 is 0 Å². The topological polar surface area (TPSA) is 74.1 Å². The van der Waals surface area contributed by atoms with Gasteiger partial charge in [-0.2, -0.15) is 0 Å². The number of aromatic nitrogens is 3. The molecule has 1 aromatic heterocycles. The maximum Gasteiger partial charge on any atom is 0.338 e. The van der Waals surface area contributed by atoms with Gasteiger partial charge in [-0.15, -0.1) is 5.10 Å². The molecule has 0 atom stereocenters. The van der Waals surface area contributed by atoms with Crippen molar-refractivity contribution in [3.05, 3.63) is 47.8 Å². The molecule has 0 aliphatic carbocycles. The van der Waals surface area contributed by atoms with Crippen LogP contribution in [0.3, 0.4) is 0 Å². The van der Waals surface area contributed by atoms with E-state index >= 15 is 0 Å². The van der Waals surface area contributed by atoms with Crippen LogP contribution in [0.1, 0.15) is 60.9 Å². The molecule has 0 saturated heterocycles. The molecular weight excluding hydrogens is 318 g/mol. The van der Waals surface area contributed by atoms with Gasteiger partial charge in [0.15, 0.2) is 5.78 Å². The van der Waals surface area contributed by atoms with Crippen LogP contribution in [0.2, 0.25) is 0 Å². The van der Waals surface area contributed by atoms with E-state index in [0.717, 1.165) is 12.8 Å². The third kappa shape index (κ3) is 6.49. The van der Waals surface area contributed by atoms with E-state index in [0.29, 0.717) is 30.8 Å². The molecule has 0 radical (unpaired) electrons. The minimum Gasteiger partial charge on any atom is -0.462 e. The van der Waals surface area contributed by atoms with Gasteiger partial charge >= 0.3 is 5.97 Å². The van der Waals surface area contributed by atoms with E-state index in [-0.39, 0.29) is 17.2 Å². The first kappa shape index (κ1) is 18.8. The average molecular weight is 343 g/mol. The van der Waals surface area contributed by atoms with Crippen LogP contribution in [0.15, 0.2) is 36.5 Å². The quantitative estimate of drug-likeness (QED) is 0.416. The van der Waals surface area contributed by atoms with E-state index in [1.165, 1.54) is 0 Å². The van der Waals surface area contributed by atoms with Crippen molar-refractivity contribution in [2.24, 2.45) is 5.41 Å². The molecule has 2 aromatic rings. The van der Waals surface area contributed by atoms with Gasteiger partial charge in [-0.05, 0) is 30.4 Å². The predicted molar refractivity (Wildman–Crippen MR) is 94.4 cm³/mol. The zero-order valence-electron chi connectivity index (χ0n) is 15.1. The molecule has 1 aromatic carbocycles. The molecule has 1 heterocycles. The van der Waals surface area contributed by atoms with Crippen LogP contribution in [-0.2, 0) is 11.3 Å². The zero-order chi connectivity index (χ0) is 18.3. The number of hydrogen-bond acceptors (Lipinski definition) is 5. The predicted octanol–water partition coefficient (Wildman–Crippen LogP) is 3.53. The van der Waals surface area contributed by atoms with Gasteiger partial charge in [0.2, 0.25) is 0 Å². The second-order valence-electron chi connectivity index (χ2n) is 7.24. The van der Waals surface area contributed by atoms with E-state index in [2.05, 4.69) is 10.3 Å². The SMILES string of the molecule is CC(C)(C)CC(=O)c1cn(CCCCOC(=O)c2ccccc2)nn1. The van der Waals surface area contributed by atoms with Crippen LogP contribution in [0.25, 0.3) is 0 Å². The molecule has 0 aliphatic rings. The fraction of sp³-hybridized carbons (Fsp3) is 0.474. The summed E-state index contributed by atoms with van der Waals surface area (Å²) in [6.45, 7) is 7.06. The van der Waals surface area contributed by atoms with E-state index in [9.17, 15) is 9.59 Å². The number of ketones is 1. The molecule has 134 valence electrons. The third-order valence-electron chi connectivity index (χ3n) is 3.54. The number of Topliss-reactive ketones (excluding diaryl/α,β-unsaturated/α-hetero) is 1. The molecule has 0 N–H and O–H groups in total. The van der Waals surface area contributed by atoms with Crippen molar-refractivity contribution in [1.29, 1.82) is 0 Å². The van der Waals surface area contributed by atoms with Gasteiger partial charge in [-0.1, -0.05) is 44.2 Å². The van der Waals surface area contributed by atoms with Crippen LogP contribution in [0.5, 0.6) is 0 Å². The molecule has 0 saturated carbocycles. The molecule has 25 heavy (non-hydrogen) atoms. The minimum atomic E-state index is -0.309. The monoisotopic (exact) mass is 343 g/mol. The second kappa shape index (κ2) is 8.55. The number of carbonyl (C=O) groups is 2. The molecule has 0 unspecified atom stereocenters. The Hall–Kier alpha value is -2.50. The van der Waals surface area contributed by atoms with Crippen molar-refractivity contribution in [3.8, 4) is 0 Å². The van der Waals surface area contributed by atoms with Crippen molar-refractivity contribution in [1.82, 2.24) is 15.0 Å². The Morgan fingerprint density at radius 2 is 1.84 bits per heavy atom. The molecule has 6 heteroatoms. The van der Waals surface area contributed by atoms with Gasteiger partial charge in [-0.25, -0.2) is 4.79 Å². The highest BCUT2D eigenvalue weighted by Crippen LogP contribution is 2.20. The van der Waals surface area contributed by atoms with Crippen LogP contribution in [0.4, 0.5) is 0 Å². The van der Waals surface area contributed by atoms with Gasteiger partial charge < -0.3 is 4.74 Å². The maximum absolute atomic E-state index is 12.1. The lowest BCUT2D eigenvalue weighted by molar-refractivity contribution is 0.0496. The molecule has 2 rings (SSSR count). The number of esters is 1. The fourth-order valence-electron chi connectivity index (χ4n) is 2.31. The third-order valence-corrected chi connectivity index (χ3v) is 3.54. The van der Waals surface area contributed by atoms with Crippen molar-refractivity contribution in [2.75, 3.05) is 6.61 Å². The number of unbranched alkanes of at least 4 members (excludes halogenated alkanes) is 1. The van der Waals surface area contributed by atoms with Crippen molar-refractivity contribution < 1.29 is 14.3 Å². The summed E-state index contributed by atoms with van der Waals surface area (Å²) in [5.74, 6) is -0.299.